The highest BCUT2D eigenvalue weighted by Gasteiger charge is 2.20. The number of rotatable bonds is 2. The smallest absolute Gasteiger partial charge is 0.190 e. The first-order valence-corrected chi connectivity index (χ1v) is 5.98. The van der Waals surface area contributed by atoms with Gasteiger partial charge in [0.25, 0.3) is 0 Å². The summed E-state index contributed by atoms with van der Waals surface area (Å²) in [7, 11) is 0. The number of allylic oxidation sites excluding steroid dienone is 2. The molecule has 20 heavy (non-hydrogen) atoms. The Kier molecular flexibility index (Phi) is 4.17. The molecule has 1 aliphatic rings. The largest absolute Gasteiger partial charge is 0.289 e. The van der Waals surface area contributed by atoms with Crippen molar-refractivity contribution < 1.29 is 10.1 Å². The van der Waals surface area contributed by atoms with Crippen molar-refractivity contribution in [1.82, 2.24) is 9.97 Å². The molecule has 2 aromatic rings. The number of quaternary nitrogens is 1. The molecule has 2 N–H and O–H groups in total. The molecule has 3 rings (SSSR count). The third-order valence-corrected chi connectivity index (χ3v) is 2.83. The minimum absolute atomic E-state index is 0. The van der Waals surface area contributed by atoms with Crippen molar-refractivity contribution in [2.45, 2.75) is 7.43 Å². The van der Waals surface area contributed by atoms with Gasteiger partial charge in [0.2, 0.25) is 0 Å². The summed E-state index contributed by atoms with van der Waals surface area (Å²) in [6.45, 7) is 0. The second-order valence-electron chi connectivity index (χ2n) is 4.18. The number of carbonyl (C=O) groups is 1. The van der Waals surface area contributed by atoms with E-state index in [1.54, 1.807) is 24.5 Å². The summed E-state index contributed by atoms with van der Waals surface area (Å²) in [5, 5.41) is 1.94. The predicted octanol–water partition coefficient (Wildman–Crippen LogP) is 1.64. The Morgan fingerprint density at radius 3 is 1.70 bits per heavy atom. The summed E-state index contributed by atoms with van der Waals surface area (Å²) in [6.07, 6.45) is 6.62. The molecule has 0 atom stereocenters. The lowest BCUT2D eigenvalue weighted by molar-refractivity contribution is -0.461. The molecular weight excluding hydrogens is 250 g/mol. The molecule has 100 valence electrons. The van der Waals surface area contributed by atoms with Crippen molar-refractivity contribution in [1.29, 1.82) is 0 Å². The average molecular weight is 266 g/mol. The SMILES string of the molecule is C.O=C1C=C(c2ccccn2)[NH2+]C(c2ccccn2)=C1. The Morgan fingerprint density at radius 2 is 1.30 bits per heavy atom. The lowest BCUT2D eigenvalue weighted by Crippen LogP contribution is -2.79. The van der Waals surface area contributed by atoms with Gasteiger partial charge in [0.1, 0.15) is 11.4 Å². The van der Waals surface area contributed by atoms with Gasteiger partial charge < -0.3 is 0 Å². The maximum Gasteiger partial charge on any atom is 0.190 e. The molecular formula is C16H16N3O+. The third kappa shape index (κ3) is 2.87. The zero-order valence-corrected chi connectivity index (χ0v) is 10.2. The highest BCUT2D eigenvalue weighted by atomic mass is 16.1. The number of nitrogens with two attached hydrogens (primary N) is 1. The van der Waals surface area contributed by atoms with Gasteiger partial charge >= 0.3 is 0 Å². The van der Waals surface area contributed by atoms with E-state index in [1.165, 1.54) is 0 Å². The van der Waals surface area contributed by atoms with E-state index < -0.39 is 0 Å². The Bertz CT molecular complexity index is 603. The number of carbonyl (C=O) groups excluding carboxylic acids is 1. The van der Waals surface area contributed by atoms with Crippen LogP contribution in [0.5, 0.6) is 0 Å². The van der Waals surface area contributed by atoms with E-state index >= 15 is 0 Å². The van der Waals surface area contributed by atoms with Crippen molar-refractivity contribution >= 4 is 17.2 Å². The van der Waals surface area contributed by atoms with Crippen molar-refractivity contribution in [3.05, 3.63) is 72.3 Å². The lowest BCUT2D eigenvalue weighted by atomic mass is 10.1. The first-order valence-electron chi connectivity index (χ1n) is 5.98. The van der Waals surface area contributed by atoms with Crippen LogP contribution in [0.25, 0.3) is 11.4 Å². The topological polar surface area (TPSA) is 59.5 Å². The first kappa shape index (κ1) is 13.8. The molecule has 0 aliphatic carbocycles. The zero-order chi connectivity index (χ0) is 13.1. The number of hydrogen-bond acceptors (Lipinski definition) is 3. The highest BCUT2D eigenvalue weighted by Crippen LogP contribution is 2.12. The molecule has 0 radical (unpaired) electrons. The molecule has 0 saturated heterocycles. The fraction of sp³-hybridized carbons (Fsp3) is 0.0625. The van der Waals surface area contributed by atoms with Crippen LogP contribution in [0.3, 0.4) is 0 Å². The fourth-order valence-corrected chi connectivity index (χ4v) is 1.96. The van der Waals surface area contributed by atoms with E-state index in [0.29, 0.717) is 0 Å². The van der Waals surface area contributed by atoms with Crippen LogP contribution < -0.4 is 5.32 Å². The van der Waals surface area contributed by atoms with E-state index in [1.807, 2.05) is 41.7 Å². The number of nitrogens with zero attached hydrogens (tertiary/aromatic N) is 2. The molecule has 0 fully saturated rings. The Hall–Kier alpha value is -2.59. The summed E-state index contributed by atoms with van der Waals surface area (Å²) in [5.74, 6) is -0.0381. The van der Waals surface area contributed by atoms with Crippen LogP contribution in [-0.2, 0) is 4.79 Å². The van der Waals surface area contributed by atoms with E-state index in [9.17, 15) is 4.79 Å². The molecule has 4 heteroatoms. The van der Waals surface area contributed by atoms with Gasteiger partial charge in [-0.3, -0.25) is 20.1 Å². The van der Waals surface area contributed by atoms with Gasteiger partial charge in [-0.25, -0.2) is 0 Å². The minimum atomic E-state index is -0.0381. The molecule has 0 bridgehead atoms. The predicted molar refractivity (Wildman–Crippen MR) is 78.1 cm³/mol. The van der Waals surface area contributed by atoms with Crippen LogP contribution >= 0.6 is 0 Å². The second kappa shape index (κ2) is 6.04. The maximum atomic E-state index is 11.8. The summed E-state index contributed by atoms with van der Waals surface area (Å²) < 4.78 is 0. The molecule has 3 heterocycles. The normalized spacial score (nSPS) is 14.1. The van der Waals surface area contributed by atoms with E-state index in [0.717, 1.165) is 22.8 Å². The molecule has 0 amide bonds. The van der Waals surface area contributed by atoms with Gasteiger partial charge in [0, 0.05) is 24.5 Å². The van der Waals surface area contributed by atoms with Crippen LogP contribution in [0, 0.1) is 0 Å². The van der Waals surface area contributed by atoms with Crippen molar-refractivity contribution in [2.24, 2.45) is 0 Å². The Labute approximate surface area is 117 Å². The number of hydrogen-bond donors (Lipinski definition) is 1. The van der Waals surface area contributed by atoms with Gasteiger partial charge in [-0.1, -0.05) is 19.6 Å². The monoisotopic (exact) mass is 266 g/mol. The number of aromatic nitrogens is 2. The fourth-order valence-electron chi connectivity index (χ4n) is 1.96. The van der Waals surface area contributed by atoms with E-state index in [2.05, 4.69) is 9.97 Å². The van der Waals surface area contributed by atoms with Crippen LogP contribution in [0.4, 0.5) is 0 Å². The summed E-state index contributed by atoms with van der Waals surface area (Å²) in [6, 6.07) is 11.3. The molecule has 4 nitrogen and oxygen atoms in total. The molecule has 0 saturated carbocycles. The average Bonchev–Trinajstić information content (AvgIpc) is 2.48. The van der Waals surface area contributed by atoms with Crippen molar-refractivity contribution in [3.63, 3.8) is 0 Å². The summed E-state index contributed by atoms with van der Waals surface area (Å²) in [4.78, 5) is 20.3. The Balaban J connectivity index is 0.00000147. The van der Waals surface area contributed by atoms with E-state index in [-0.39, 0.29) is 13.2 Å². The van der Waals surface area contributed by atoms with Gasteiger partial charge in [-0.15, -0.1) is 0 Å². The lowest BCUT2D eigenvalue weighted by Gasteiger charge is -2.10. The van der Waals surface area contributed by atoms with Crippen LogP contribution in [-0.4, -0.2) is 15.8 Å². The molecule has 1 aliphatic heterocycles. The van der Waals surface area contributed by atoms with Crippen LogP contribution in [0.1, 0.15) is 18.8 Å². The van der Waals surface area contributed by atoms with Gasteiger partial charge in [-0.2, -0.15) is 0 Å². The van der Waals surface area contributed by atoms with Crippen molar-refractivity contribution in [3.8, 4) is 0 Å². The maximum absolute atomic E-state index is 11.8. The minimum Gasteiger partial charge on any atom is -0.289 e. The Morgan fingerprint density at radius 1 is 0.800 bits per heavy atom. The first-order chi connectivity index (χ1) is 9.33. The third-order valence-electron chi connectivity index (χ3n) is 2.83. The van der Waals surface area contributed by atoms with E-state index in [4.69, 9.17) is 0 Å². The zero-order valence-electron chi connectivity index (χ0n) is 10.2. The van der Waals surface area contributed by atoms with Gasteiger partial charge in [0.05, 0.1) is 0 Å². The van der Waals surface area contributed by atoms with Gasteiger partial charge in [-0.05, 0) is 24.3 Å². The second-order valence-corrected chi connectivity index (χ2v) is 4.18. The summed E-state index contributed by atoms with van der Waals surface area (Å²) in [5.41, 5.74) is 3.21. The van der Waals surface area contributed by atoms with Gasteiger partial charge in [0.15, 0.2) is 17.2 Å². The molecule has 0 spiro atoms. The van der Waals surface area contributed by atoms with Crippen molar-refractivity contribution in [2.75, 3.05) is 0 Å². The van der Waals surface area contributed by atoms with Crippen LogP contribution in [0.15, 0.2) is 60.9 Å². The highest BCUT2D eigenvalue weighted by molar-refractivity contribution is 6.08. The molecule has 0 unspecified atom stereocenters. The van der Waals surface area contributed by atoms with Crippen LogP contribution in [0.2, 0.25) is 0 Å². The molecule has 2 aromatic heterocycles. The molecule has 0 aromatic carbocycles. The quantitative estimate of drug-likeness (QED) is 0.899. The number of pyridine rings is 2. The summed E-state index contributed by atoms with van der Waals surface area (Å²) >= 11 is 0. The number of ketones is 1. The standard InChI is InChI=1S/C15H11N3O.CH4/c19-11-9-14(12-5-1-3-7-16-12)18-15(10-11)13-6-2-4-8-17-13;/h1-10H,(H,18,19);1H4/p+1.